The molecule has 0 bridgehead atoms. The average molecular weight is 314 g/mol. The highest BCUT2D eigenvalue weighted by Crippen LogP contribution is 2.22. The topological polar surface area (TPSA) is 55.1 Å². The number of fused-ring (bicyclic) bond motifs is 1. The van der Waals surface area contributed by atoms with Crippen LogP contribution in [0.4, 0.5) is 0 Å². The van der Waals surface area contributed by atoms with Crippen molar-refractivity contribution in [2.24, 2.45) is 0 Å². The van der Waals surface area contributed by atoms with Crippen LogP contribution in [0.3, 0.4) is 0 Å². The number of phenols is 1. The Bertz CT molecular complexity index is 1090. The van der Waals surface area contributed by atoms with Crippen molar-refractivity contribution in [3.63, 3.8) is 0 Å². The van der Waals surface area contributed by atoms with E-state index >= 15 is 0 Å². The monoisotopic (exact) mass is 314 g/mol. The highest BCUT2D eigenvalue weighted by atomic mass is 16.3. The van der Waals surface area contributed by atoms with Crippen LogP contribution in [-0.2, 0) is 0 Å². The number of aromatic hydroxyl groups is 1. The normalized spacial score (nSPS) is 10.8. The van der Waals surface area contributed by atoms with Crippen LogP contribution >= 0.6 is 0 Å². The van der Waals surface area contributed by atoms with E-state index in [-0.39, 0.29) is 11.3 Å². The summed E-state index contributed by atoms with van der Waals surface area (Å²) in [4.78, 5) is 17.7. The van der Waals surface area contributed by atoms with Gasteiger partial charge in [-0.2, -0.15) is 0 Å². The lowest BCUT2D eigenvalue weighted by Gasteiger charge is -2.12. The Balaban J connectivity index is 2.12. The molecule has 116 valence electrons. The predicted molar refractivity (Wildman–Crippen MR) is 94.4 cm³/mol. The Morgan fingerprint density at radius 2 is 1.58 bits per heavy atom. The molecule has 0 saturated carbocycles. The van der Waals surface area contributed by atoms with Gasteiger partial charge in [0, 0.05) is 11.6 Å². The minimum Gasteiger partial charge on any atom is -0.508 e. The molecule has 0 aliphatic rings. The minimum absolute atomic E-state index is 0.113. The number of para-hydroxylation sites is 2. The van der Waals surface area contributed by atoms with Crippen molar-refractivity contribution in [1.29, 1.82) is 0 Å². The second-order valence-electron chi connectivity index (χ2n) is 5.48. The van der Waals surface area contributed by atoms with Crippen molar-refractivity contribution in [1.82, 2.24) is 9.55 Å². The molecule has 1 heterocycles. The largest absolute Gasteiger partial charge is 0.508 e. The molecule has 4 heteroatoms. The maximum absolute atomic E-state index is 13.1. The Labute approximate surface area is 138 Å². The lowest BCUT2D eigenvalue weighted by molar-refractivity contribution is 0.475. The summed E-state index contributed by atoms with van der Waals surface area (Å²) in [5, 5.41) is 9.79. The summed E-state index contributed by atoms with van der Waals surface area (Å²) in [6, 6.07) is 23.5. The van der Waals surface area contributed by atoms with Gasteiger partial charge in [0.25, 0.3) is 5.56 Å². The van der Waals surface area contributed by atoms with E-state index < -0.39 is 0 Å². The number of aromatic nitrogens is 2. The second-order valence-corrected chi connectivity index (χ2v) is 5.48. The zero-order valence-corrected chi connectivity index (χ0v) is 12.8. The highest BCUT2D eigenvalue weighted by molar-refractivity contribution is 5.79. The van der Waals surface area contributed by atoms with Crippen molar-refractivity contribution in [2.45, 2.75) is 0 Å². The van der Waals surface area contributed by atoms with E-state index in [0.29, 0.717) is 16.9 Å². The maximum Gasteiger partial charge on any atom is 0.282 e. The van der Waals surface area contributed by atoms with Crippen molar-refractivity contribution in [2.75, 3.05) is 0 Å². The molecule has 0 saturated heterocycles. The lowest BCUT2D eigenvalue weighted by atomic mass is 10.1. The van der Waals surface area contributed by atoms with Gasteiger partial charge in [-0.05, 0) is 24.3 Å². The van der Waals surface area contributed by atoms with Gasteiger partial charge in [-0.15, -0.1) is 0 Å². The number of phenolic OH excluding ortho intramolecular Hbond substituents is 1. The van der Waals surface area contributed by atoms with Crippen LogP contribution in [0.15, 0.2) is 83.7 Å². The molecule has 4 aromatic rings. The SMILES string of the molecule is O=c1c(-c2ccccc2)nc2ccccc2n1-c1cccc(O)c1. The molecule has 1 N–H and O–H groups in total. The first kappa shape index (κ1) is 14.2. The van der Waals surface area contributed by atoms with Gasteiger partial charge in [0.2, 0.25) is 0 Å². The molecule has 0 aliphatic heterocycles. The average Bonchev–Trinajstić information content (AvgIpc) is 2.62. The summed E-state index contributed by atoms with van der Waals surface area (Å²) < 4.78 is 1.59. The second kappa shape index (κ2) is 5.66. The summed E-state index contributed by atoms with van der Waals surface area (Å²) in [6.45, 7) is 0. The van der Waals surface area contributed by atoms with Crippen LogP contribution in [0.25, 0.3) is 28.0 Å². The first-order valence-corrected chi connectivity index (χ1v) is 7.61. The van der Waals surface area contributed by atoms with Gasteiger partial charge < -0.3 is 5.11 Å². The standard InChI is InChI=1S/C20H14N2O2/c23-16-10-6-9-15(13-16)22-18-12-5-4-11-17(18)21-19(20(22)24)14-7-2-1-3-8-14/h1-13,23H. The van der Waals surface area contributed by atoms with E-state index in [9.17, 15) is 9.90 Å². The third-order valence-corrected chi connectivity index (χ3v) is 3.90. The molecule has 0 atom stereocenters. The van der Waals surface area contributed by atoms with Crippen LogP contribution in [0.5, 0.6) is 5.75 Å². The molecular weight excluding hydrogens is 300 g/mol. The zero-order valence-electron chi connectivity index (χ0n) is 12.8. The Hall–Kier alpha value is -3.40. The van der Waals surface area contributed by atoms with E-state index in [2.05, 4.69) is 4.98 Å². The fraction of sp³-hybridized carbons (Fsp3) is 0. The minimum atomic E-state index is -0.217. The maximum atomic E-state index is 13.1. The molecule has 0 aliphatic carbocycles. The fourth-order valence-electron chi connectivity index (χ4n) is 2.80. The van der Waals surface area contributed by atoms with E-state index in [1.54, 1.807) is 28.8 Å². The lowest BCUT2D eigenvalue weighted by Crippen LogP contribution is -2.22. The van der Waals surface area contributed by atoms with Crippen LogP contribution in [0.2, 0.25) is 0 Å². The van der Waals surface area contributed by atoms with E-state index in [1.165, 1.54) is 0 Å². The van der Waals surface area contributed by atoms with Gasteiger partial charge in [0.05, 0.1) is 16.7 Å². The van der Waals surface area contributed by atoms with Crippen LogP contribution in [0, 0.1) is 0 Å². The molecule has 0 radical (unpaired) electrons. The molecule has 0 fully saturated rings. The van der Waals surface area contributed by atoms with Crippen molar-refractivity contribution in [3.05, 3.63) is 89.2 Å². The van der Waals surface area contributed by atoms with Crippen LogP contribution in [-0.4, -0.2) is 14.7 Å². The highest BCUT2D eigenvalue weighted by Gasteiger charge is 2.14. The number of nitrogens with zero attached hydrogens (tertiary/aromatic N) is 2. The van der Waals surface area contributed by atoms with Crippen molar-refractivity contribution < 1.29 is 5.11 Å². The Kier molecular flexibility index (Phi) is 3.35. The number of hydrogen-bond acceptors (Lipinski definition) is 3. The third-order valence-electron chi connectivity index (χ3n) is 3.90. The number of hydrogen-bond donors (Lipinski definition) is 1. The van der Waals surface area contributed by atoms with E-state index in [4.69, 9.17) is 0 Å². The first-order valence-electron chi connectivity index (χ1n) is 7.61. The van der Waals surface area contributed by atoms with Gasteiger partial charge >= 0.3 is 0 Å². The molecule has 3 aromatic carbocycles. The first-order chi connectivity index (χ1) is 11.7. The Morgan fingerprint density at radius 1 is 0.833 bits per heavy atom. The summed E-state index contributed by atoms with van der Waals surface area (Å²) >= 11 is 0. The van der Waals surface area contributed by atoms with Crippen LogP contribution < -0.4 is 5.56 Å². The van der Waals surface area contributed by atoms with Gasteiger partial charge in [0.15, 0.2) is 0 Å². The summed E-state index contributed by atoms with van der Waals surface area (Å²) in [5.74, 6) is 0.113. The molecule has 0 amide bonds. The van der Waals surface area contributed by atoms with Gasteiger partial charge in [-0.3, -0.25) is 9.36 Å². The third kappa shape index (κ3) is 2.34. The zero-order chi connectivity index (χ0) is 16.5. The van der Waals surface area contributed by atoms with Gasteiger partial charge in [0.1, 0.15) is 11.4 Å². The van der Waals surface area contributed by atoms with Gasteiger partial charge in [-0.25, -0.2) is 4.98 Å². The Morgan fingerprint density at radius 3 is 2.38 bits per heavy atom. The molecule has 4 nitrogen and oxygen atoms in total. The van der Waals surface area contributed by atoms with Gasteiger partial charge in [-0.1, -0.05) is 48.5 Å². The van der Waals surface area contributed by atoms with E-state index in [1.807, 2.05) is 54.6 Å². The van der Waals surface area contributed by atoms with E-state index in [0.717, 1.165) is 11.1 Å². The summed E-state index contributed by atoms with van der Waals surface area (Å²) in [7, 11) is 0. The smallest absolute Gasteiger partial charge is 0.282 e. The number of benzene rings is 3. The quantitative estimate of drug-likeness (QED) is 0.613. The summed E-state index contributed by atoms with van der Waals surface area (Å²) in [5.41, 5.74) is 2.97. The van der Waals surface area contributed by atoms with Crippen molar-refractivity contribution >= 4 is 11.0 Å². The van der Waals surface area contributed by atoms with Crippen molar-refractivity contribution in [3.8, 4) is 22.7 Å². The molecule has 24 heavy (non-hydrogen) atoms. The predicted octanol–water partition coefficient (Wildman–Crippen LogP) is 3.76. The summed E-state index contributed by atoms with van der Waals surface area (Å²) in [6.07, 6.45) is 0. The van der Waals surface area contributed by atoms with Crippen LogP contribution in [0.1, 0.15) is 0 Å². The number of rotatable bonds is 2. The molecule has 4 rings (SSSR count). The molecule has 0 spiro atoms. The molecule has 0 unspecified atom stereocenters. The molecule has 1 aromatic heterocycles. The molecular formula is C20H14N2O2. The fourth-order valence-corrected chi connectivity index (χ4v) is 2.80.